The number of aromatic nitrogens is 1. The van der Waals surface area contributed by atoms with Gasteiger partial charge in [0.25, 0.3) is 0 Å². The van der Waals surface area contributed by atoms with Crippen LogP contribution in [-0.4, -0.2) is 30.3 Å². The van der Waals surface area contributed by atoms with Crippen molar-refractivity contribution < 1.29 is 9.53 Å². The molecule has 0 radical (unpaired) electrons. The largest absolute Gasteiger partial charge is 0.381 e. The number of ether oxygens (including phenoxy) is 1. The molecule has 94 valence electrons. The van der Waals surface area contributed by atoms with Crippen molar-refractivity contribution in [3.05, 3.63) is 11.1 Å². The molecule has 0 spiro atoms. The second-order valence-electron chi connectivity index (χ2n) is 4.11. The standard InChI is InChI=1S/C11H17N3O2S/c1-8-7-12-11(17-8)14-10(15)13-9-3-2-5-16-6-4-9/h7,9H,2-6H2,1H3,(H2,12,13,14,15). The average molecular weight is 255 g/mol. The topological polar surface area (TPSA) is 63.2 Å². The van der Waals surface area contributed by atoms with E-state index in [2.05, 4.69) is 15.6 Å². The molecule has 5 nitrogen and oxygen atoms in total. The number of anilines is 1. The van der Waals surface area contributed by atoms with E-state index in [4.69, 9.17) is 4.74 Å². The van der Waals surface area contributed by atoms with E-state index >= 15 is 0 Å². The van der Waals surface area contributed by atoms with Crippen LogP contribution in [0.5, 0.6) is 0 Å². The Labute approximate surface area is 105 Å². The van der Waals surface area contributed by atoms with Crippen molar-refractivity contribution in [1.29, 1.82) is 0 Å². The van der Waals surface area contributed by atoms with Gasteiger partial charge in [-0.15, -0.1) is 11.3 Å². The van der Waals surface area contributed by atoms with Crippen molar-refractivity contribution in [2.24, 2.45) is 0 Å². The molecule has 0 saturated carbocycles. The number of carbonyl (C=O) groups is 1. The van der Waals surface area contributed by atoms with Gasteiger partial charge in [-0.25, -0.2) is 9.78 Å². The second-order valence-corrected chi connectivity index (χ2v) is 5.35. The van der Waals surface area contributed by atoms with Gasteiger partial charge in [-0.2, -0.15) is 0 Å². The summed E-state index contributed by atoms with van der Waals surface area (Å²) in [4.78, 5) is 16.9. The van der Waals surface area contributed by atoms with Crippen molar-refractivity contribution >= 4 is 22.5 Å². The zero-order valence-electron chi connectivity index (χ0n) is 9.86. The summed E-state index contributed by atoms with van der Waals surface area (Å²) in [5, 5.41) is 6.34. The Kier molecular flexibility index (Phi) is 4.33. The first-order valence-electron chi connectivity index (χ1n) is 5.82. The lowest BCUT2D eigenvalue weighted by Gasteiger charge is -2.15. The van der Waals surface area contributed by atoms with Gasteiger partial charge in [0, 0.05) is 30.3 Å². The Balaban J connectivity index is 1.80. The lowest BCUT2D eigenvalue weighted by molar-refractivity contribution is 0.143. The first kappa shape index (κ1) is 12.3. The normalized spacial score (nSPS) is 20.6. The van der Waals surface area contributed by atoms with Gasteiger partial charge in [-0.3, -0.25) is 5.32 Å². The van der Waals surface area contributed by atoms with E-state index in [-0.39, 0.29) is 12.1 Å². The number of amides is 2. The lowest BCUT2D eigenvalue weighted by Crippen LogP contribution is -2.38. The van der Waals surface area contributed by atoms with Gasteiger partial charge in [0.15, 0.2) is 5.13 Å². The van der Waals surface area contributed by atoms with Crippen molar-refractivity contribution in [2.45, 2.75) is 32.2 Å². The van der Waals surface area contributed by atoms with Crippen molar-refractivity contribution in [3.63, 3.8) is 0 Å². The number of carbonyl (C=O) groups excluding carboxylic acids is 1. The van der Waals surface area contributed by atoms with Crippen molar-refractivity contribution in [3.8, 4) is 0 Å². The van der Waals surface area contributed by atoms with Gasteiger partial charge >= 0.3 is 6.03 Å². The van der Waals surface area contributed by atoms with Gasteiger partial charge in [0.2, 0.25) is 0 Å². The Morgan fingerprint density at radius 1 is 1.53 bits per heavy atom. The summed E-state index contributed by atoms with van der Waals surface area (Å²) >= 11 is 1.47. The van der Waals surface area contributed by atoms with Crippen molar-refractivity contribution in [1.82, 2.24) is 10.3 Å². The number of urea groups is 1. The fourth-order valence-corrected chi connectivity index (χ4v) is 2.44. The molecule has 17 heavy (non-hydrogen) atoms. The lowest BCUT2D eigenvalue weighted by atomic mass is 10.1. The van der Waals surface area contributed by atoms with E-state index in [0.717, 1.165) is 37.4 Å². The number of thiazole rings is 1. The number of nitrogens with zero attached hydrogens (tertiary/aromatic N) is 1. The zero-order valence-corrected chi connectivity index (χ0v) is 10.7. The van der Waals surface area contributed by atoms with E-state index in [0.29, 0.717) is 5.13 Å². The summed E-state index contributed by atoms with van der Waals surface area (Å²) in [7, 11) is 0. The van der Waals surface area contributed by atoms with Crippen LogP contribution in [0.1, 0.15) is 24.1 Å². The van der Waals surface area contributed by atoms with Gasteiger partial charge in [0.05, 0.1) is 0 Å². The van der Waals surface area contributed by atoms with Crippen LogP contribution in [0.2, 0.25) is 0 Å². The molecule has 1 aromatic rings. The third-order valence-corrected chi connectivity index (χ3v) is 3.46. The third-order valence-electron chi connectivity index (χ3n) is 2.63. The summed E-state index contributed by atoms with van der Waals surface area (Å²) in [5.74, 6) is 0. The zero-order chi connectivity index (χ0) is 12.1. The molecule has 1 saturated heterocycles. The summed E-state index contributed by atoms with van der Waals surface area (Å²) in [6, 6.07) is 0.0322. The number of hydrogen-bond donors (Lipinski definition) is 2. The number of nitrogens with one attached hydrogen (secondary N) is 2. The molecule has 2 heterocycles. The molecule has 1 aromatic heterocycles. The number of hydrogen-bond acceptors (Lipinski definition) is 4. The Morgan fingerprint density at radius 2 is 2.41 bits per heavy atom. The molecular formula is C11H17N3O2S. The molecule has 2 N–H and O–H groups in total. The molecule has 0 aromatic carbocycles. The first-order chi connectivity index (χ1) is 8.24. The SMILES string of the molecule is Cc1cnc(NC(=O)NC2CCCOCC2)s1. The van der Waals surface area contributed by atoms with E-state index in [1.165, 1.54) is 11.3 Å². The van der Waals surface area contributed by atoms with Gasteiger partial charge in [0.1, 0.15) is 0 Å². The first-order valence-corrected chi connectivity index (χ1v) is 6.63. The highest BCUT2D eigenvalue weighted by Crippen LogP contribution is 2.16. The van der Waals surface area contributed by atoms with Crippen LogP contribution in [0.15, 0.2) is 6.20 Å². The number of aryl methyl sites for hydroxylation is 1. The quantitative estimate of drug-likeness (QED) is 0.851. The van der Waals surface area contributed by atoms with E-state index in [1.807, 2.05) is 6.92 Å². The van der Waals surface area contributed by atoms with Gasteiger partial charge < -0.3 is 10.1 Å². The molecule has 1 fully saturated rings. The van der Waals surface area contributed by atoms with Crippen LogP contribution in [0.4, 0.5) is 9.93 Å². The van der Waals surface area contributed by atoms with Gasteiger partial charge in [-0.1, -0.05) is 0 Å². The Bertz CT molecular complexity index is 373. The predicted molar refractivity (Wildman–Crippen MR) is 67.5 cm³/mol. The summed E-state index contributed by atoms with van der Waals surface area (Å²) in [6.45, 7) is 3.48. The minimum absolute atomic E-state index is 0.175. The molecular weight excluding hydrogens is 238 g/mol. The van der Waals surface area contributed by atoms with Crippen LogP contribution in [0.25, 0.3) is 0 Å². The van der Waals surface area contributed by atoms with Gasteiger partial charge in [-0.05, 0) is 26.2 Å². The maximum Gasteiger partial charge on any atom is 0.321 e. The Hall–Kier alpha value is -1.14. The highest BCUT2D eigenvalue weighted by Gasteiger charge is 2.15. The summed E-state index contributed by atoms with van der Waals surface area (Å²) < 4.78 is 5.35. The highest BCUT2D eigenvalue weighted by molar-refractivity contribution is 7.15. The third kappa shape index (κ3) is 3.98. The molecule has 2 rings (SSSR count). The highest BCUT2D eigenvalue weighted by atomic mass is 32.1. The molecule has 1 atom stereocenters. The molecule has 6 heteroatoms. The monoisotopic (exact) mass is 255 g/mol. The van der Waals surface area contributed by atoms with Crippen LogP contribution in [0, 0.1) is 6.92 Å². The Morgan fingerprint density at radius 3 is 3.18 bits per heavy atom. The second kappa shape index (κ2) is 5.97. The van der Waals surface area contributed by atoms with Crippen molar-refractivity contribution in [2.75, 3.05) is 18.5 Å². The molecule has 1 aliphatic heterocycles. The molecule has 2 amide bonds. The van der Waals surface area contributed by atoms with Crippen LogP contribution in [0.3, 0.4) is 0 Å². The molecule has 1 aliphatic rings. The number of rotatable bonds is 2. The maximum atomic E-state index is 11.7. The van der Waals surface area contributed by atoms with E-state index < -0.39 is 0 Å². The fraction of sp³-hybridized carbons (Fsp3) is 0.636. The van der Waals surface area contributed by atoms with E-state index in [1.54, 1.807) is 6.20 Å². The minimum Gasteiger partial charge on any atom is -0.381 e. The van der Waals surface area contributed by atoms with E-state index in [9.17, 15) is 4.79 Å². The average Bonchev–Trinajstić information content (AvgIpc) is 2.53. The summed E-state index contributed by atoms with van der Waals surface area (Å²) in [6.07, 6.45) is 4.61. The maximum absolute atomic E-state index is 11.7. The van der Waals surface area contributed by atoms with Crippen LogP contribution < -0.4 is 10.6 Å². The fourth-order valence-electron chi connectivity index (χ4n) is 1.78. The minimum atomic E-state index is -0.175. The molecule has 1 unspecified atom stereocenters. The molecule has 0 bridgehead atoms. The predicted octanol–water partition coefficient (Wildman–Crippen LogP) is 2.14. The summed E-state index contributed by atoms with van der Waals surface area (Å²) in [5.41, 5.74) is 0. The van der Waals surface area contributed by atoms with Crippen LogP contribution >= 0.6 is 11.3 Å². The molecule has 0 aliphatic carbocycles. The van der Waals surface area contributed by atoms with Crippen LogP contribution in [-0.2, 0) is 4.74 Å². The smallest absolute Gasteiger partial charge is 0.321 e.